The van der Waals surface area contributed by atoms with Crippen molar-refractivity contribution >= 4 is 17.6 Å². The van der Waals surface area contributed by atoms with Crippen molar-refractivity contribution in [1.82, 2.24) is 0 Å². The number of nitrogens with one attached hydrogen (secondary N) is 1. The number of carbonyl (C=O) groups is 2. The van der Waals surface area contributed by atoms with E-state index in [0.29, 0.717) is 17.2 Å². The summed E-state index contributed by atoms with van der Waals surface area (Å²) in [4.78, 5) is 25.1. The van der Waals surface area contributed by atoms with E-state index in [1.54, 1.807) is 18.2 Å². The molecule has 4 rings (SSSR count). The standard InChI is InChI=1S/C24H21NO5/c1-16(29-24(27)22-15-28-20-13-7-8-14-21(20)30-22)23(26)25-19-12-6-5-11-18(19)17-9-3-2-4-10-17/h2-14,16,22H,15H2,1H3,(H,25,26). The van der Waals surface area contributed by atoms with E-state index in [1.807, 2.05) is 60.7 Å². The first-order valence-corrected chi connectivity index (χ1v) is 9.66. The van der Waals surface area contributed by atoms with Crippen molar-refractivity contribution in [2.75, 3.05) is 11.9 Å². The summed E-state index contributed by atoms with van der Waals surface area (Å²) in [6.45, 7) is 1.55. The van der Waals surface area contributed by atoms with Gasteiger partial charge in [-0.2, -0.15) is 0 Å². The molecule has 0 saturated heterocycles. The molecule has 0 aliphatic carbocycles. The van der Waals surface area contributed by atoms with Crippen LogP contribution >= 0.6 is 0 Å². The summed E-state index contributed by atoms with van der Waals surface area (Å²) in [5, 5.41) is 2.84. The molecule has 6 nitrogen and oxygen atoms in total. The molecule has 0 aromatic heterocycles. The van der Waals surface area contributed by atoms with E-state index in [2.05, 4.69) is 5.32 Å². The van der Waals surface area contributed by atoms with E-state index in [0.717, 1.165) is 11.1 Å². The van der Waals surface area contributed by atoms with Crippen molar-refractivity contribution in [3.05, 3.63) is 78.9 Å². The van der Waals surface area contributed by atoms with Gasteiger partial charge in [0, 0.05) is 11.3 Å². The number of rotatable bonds is 5. The molecule has 0 saturated carbocycles. The summed E-state index contributed by atoms with van der Waals surface area (Å²) < 4.78 is 16.5. The number of fused-ring (bicyclic) bond motifs is 1. The number of ether oxygens (including phenoxy) is 3. The Morgan fingerprint density at radius 3 is 2.40 bits per heavy atom. The molecule has 1 aliphatic rings. The van der Waals surface area contributed by atoms with Crippen molar-refractivity contribution in [3.8, 4) is 22.6 Å². The van der Waals surface area contributed by atoms with Gasteiger partial charge in [-0.25, -0.2) is 4.79 Å². The van der Waals surface area contributed by atoms with Gasteiger partial charge in [0.1, 0.15) is 6.61 Å². The Morgan fingerprint density at radius 2 is 1.60 bits per heavy atom. The van der Waals surface area contributed by atoms with Gasteiger partial charge in [-0.15, -0.1) is 0 Å². The molecule has 0 bridgehead atoms. The highest BCUT2D eigenvalue weighted by molar-refractivity contribution is 5.98. The molecule has 2 unspecified atom stereocenters. The van der Waals surface area contributed by atoms with Crippen LogP contribution in [0.2, 0.25) is 0 Å². The van der Waals surface area contributed by atoms with Crippen LogP contribution in [0, 0.1) is 0 Å². The smallest absolute Gasteiger partial charge is 0.351 e. The number of para-hydroxylation sites is 3. The van der Waals surface area contributed by atoms with Crippen molar-refractivity contribution in [1.29, 1.82) is 0 Å². The number of esters is 1. The van der Waals surface area contributed by atoms with Crippen LogP contribution in [0.25, 0.3) is 11.1 Å². The fraction of sp³-hybridized carbons (Fsp3) is 0.167. The van der Waals surface area contributed by atoms with Gasteiger partial charge in [-0.3, -0.25) is 4.79 Å². The number of hydrogen-bond acceptors (Lipinski definition) is 5. The predicted molar refractivity (Wildman–Crippen MR) is 112 cm³/mol. The Bertz CT molecular complexity index is 1050. The second-order valence-electron chi connectivity index (χ2n) is 6.84. The van der Waals surface area contributed by atoms with E-state index < -0.39 is 24.1 Å². The Hall–Kier alpha value is -3.80. The minimum atomic E-state index is -0.998. The fourth-order valence-corrected chi connectivity index (χ4v) is 3.14. The van der Waals surface area contributed by atoms with E-state index >= 15 is 0 Å². The van der Waals surface area contributed by atoms with Crippen molar-refractivity contribution in [2.24, 2.45) is 0 Å². The molecule has 152 valence electrons. The van der Waals surface area contributed by atoms with Crippen molar-refractivity contribution in [3.63, 3.8) is 0 Å². The Balaban J connectivity index is 1.40. The fourth-order valence-electron chi connectivity index (χ4n) is 3.14. The van der Waals surface area contributed by atoms with Crippen LogP contribution in [0.1, 0.15) is 6.92 Å². The SMILES string of the molecule is CC(OC(=O)C1COc2ccccc2O1)C(=O)Nc1ccccc1-c1ccccc1. The summed E-state index contributed by atoms with van der Waals surface area (Å²) >= 11 is 0. The molecule has 0 fully saturated rings. The largest absolute Gasteiger partial charge is 0.485 e. The zero-order valence-electron chi connectivity index (χ0n) is 16.4. The van der Waals surface area contributed by atoms with Gasteiger partial charge >= 0.3 is 5.97 Å². The zero-order valence-corrected chi connectivity index (χ0v) is 16.4. The van der Waals surface area contributed by atoms with Gasteiger partial charge in [-0.05, 0) is 30.7 Å². The van der Waals surface area contributed by atoms with E-state index in [9.17, 15) is 9.59 Å². The van der Waals surface area contributed by atoms with Crippen LogP contribution in [0.5, 0.6) is 11.5 Å². The number of hydrogen-bond donors (Lipinski definition) is 1. The van der Waals surface area contributed by atoms with Gasteiger partial charge in [0.05, 0.1) is 0 Å². The second-order valence-corrected chi connectivity index (χ2v) is 6.84. The average molecular weight is 403 g/mol. The molecule has 1 N–H and O–H groups in total. The number of benzene rings is 3. The van der Waals surface area contributed by atoms with Crippen LogP contribution in [-0.4, -0.2) is 30.7 Å². The van der Waals surface area contributed by atoms with Crippen LogP contribution in [0.4, 0.5) is 5.69 Å². The lowest BCUT2D eigenvalue weighted by Gasteiger charge is -2.26. The van der Waals surface area contributed by atoms with Crippen LogP contribution in [0.15, 0.2) is 78.9 Å². The van der Waals surface area contributed by atoms with Crippen LogP contribution in [0.3, 0.4) is 0 Å². The van der Waals surface area contributed by atoms with Crippen molar-refractivity contribution in [2.45, 2.75) is 19.1 Å². The highest BCUT2D eigenvalue weighted by atomic mass is 16.6. The molecule has 3 aromatic rings. The van der Waals surface area contributed by atoms with Crippen LogP contribution in [-0.2, 0) is 14.3 Å². The molecule has 1 amide bonds. The maximum atomic E-state index is 12.7. The highest BCUT2D eigenvalue weighted by Crippen LogP contribution is 2.31. The number of amides is 1. The lowest BCUT2D eigenvalue weighted by atomic mass is 10.0. The number of carbonyl (C=O) groups excluding carboxylic acids is 2. The lowest BCUT2D eigenvalue weighted by molar-refractivity contribution is -0.162. The predicted octanol–water partition coefficient (Wildman–Crippen LogP) is 4.06. The Labute approximate surface area is 174 Å². The Morgan fingerprint density at radius 1 is 0.933 bits per heavy atom. The molecule has 3 aromatic carbocycles. The molecule has 2 atom stereocenters. The quantitative estimate of drug-likeness (QED) is 0.651. The van der Waals surface area contributed by atoms with Gasteiger partial charge in [0.2, 0.25) is 6.10 Å². The van der Waals surface area contributed by atoms with Crippen LogP contribution < -0.4 is 14.8 Å². The van der Waals surface area contributed by atoms with Gasteiger partial charge in [0.15, 0.2) is 17.6 Å². The second kappa shape index (κ2) is 8.69. The minimum Gasteiger partial charge on any atom is -0.485 e. The third-order valence-corrected chi connectivity index (χ3v) is 4.70. The summed E-state index contributed by atoms with van der Waals surface area (Å²) in [6.07, 6.45) is -1.92. The molecule has 1 heterocycles. The summed E-state index contributed by atoms with van der Waals surface area (Å²) in [5.74, 6) is -0.0307. The maximum Gasteiger partial charge on any atom is 0.351 e. The summed E-state index contributed by atoms with van der Waals surface area (Å²) in [6, 6.07) is 24.3. The normalized spacial score (nSPS) is 15.7. The lowest BCUT2D eigenvalue weighted by Crippen LogP contribution is -2.41. The summed E-state index contributed by atoms with van der Waals surface area (Å²) in [5.41, 5.74) is 2.50. The first kappa shape index (κ1) is 19.5. The Kier molecular flexibility index (Phi) is 5.66. The van der Waals surface area contributed by atoms with Gasteiger partial charge in [-0.1, -0.05) is 60.7 Å². The molecule has 0 spiro atoms. The zero-order chi connectivity index (χ0) is 20.9. The van der Waals surface area contributed by atoms with E-state index in [-0.39, 0.29) is 6.61 Å². The summed E-state index contributed by atoms with van der Waals surface area (Å²) in [7, 11) is 0. The van der Waals surface area contributed by atoms with E-state index in [1.165, 1.54) is 6.92 Å². The molecule has 30 heavy (non-hydrogen) atoms. The molecule has 0 radical (unpaired) electrons. The average Bonchev–Trinajstić information content (AvgIpc) is 2.79. The topological polar surface area (TPSA) is 73.9 Å². The first-order chi connectivity index (χ1) is 14.6. The number of anilines is 1. The third-order valence-electron chi connectivity index (χ3n) is 4.70. The molecular formula is C24H21NO5. The van der Waals surface area contributed by atoms with E-state index in [4.69, 9.17) is 14.2 Å². The highest BCUT2D eigenvalue weighted by Gasteiger charge is 2.31. The van der Waals surface area contributed by atoms with Crippen molar-refractivity contribution < 1.29 is 23.8 Å². The van der Waals surface area contributed by atoms with Gasteiger partial charge in [0.25, 0.3) is 5.91 Å². The molecule has 1 aliphatic heterocycles. The monoisotopic (exact) mass is 403 g/mol. The first-order valence-electron chi connectivity index (χ1n) is 9.66. The molecular weight excluding hydrogens is 382 g/mol. The van der Waals surface area contributed by atoms with Gasteiger partial charge < -0.3 is 19.5 Å². The molecule has 6 heteroatoms. The third kappa shape index (κ3) is 4.27. The minimum absolute atomic E-state index is 0.0288. The maximum absolute atomic E-state index is 12.7.